The highest BCUT2D eigenvalue weighted by atomic mass is 16.1. The van der Waals surface area contributed by atoms with Crippen molar-refractivity contribution in [3.63, 3.8) is 0 Å². The van der Waals surface area contributed by atoms with Crippen LogP contribution in [0.3, 0.4) is 0 Å². The first-order valence-corrected chi connectivity index (χ1v) is 8.60. The minimum atomic E-state index is -0.202. The molecule has 5 heteroatoms. The molecule has 1 fully saturated rings. The minimum Gasteiger partial charge on any atom is -0.372 e. The molecule has 0 saturated heterocycles. The smallest absolute Gasteiger partial charge is 0.271 e. The van der Waals surface area contributed by atoms with Crippen LogP contribution in [0.2, 0.25) is 0 Å². The minimum absolute atomic E-state index is 0.202. The Kier molecular flexibility index (Phi) is 5.41. The summed E-state index contributed by atoms with van der Waals surface area (Å²) in [6, 6.07) is 9.08. The lowest BCUT2D eigenvalue weighted by molar-refractivity contribution is 0.0945. The summed E-state index contributed by atoms with van der Waals surface area (Å²) in [4.78, 5) is 22.3. The number of nitrogens with one attached hydrogen (secondary N) is 1. The lowest BCUT2D eigenvalue weighted by Gasteiger charge is -2.33. The number of amides is 1. The Balaban J connectivity index is 1.55. The van der Waals surface area contributed by atoms with E-state index in [1.165, 1.54) is 50.2 Å². The van der Waals surface area contributed by atoms with Gasteiger partial charge in [-0.1, -0.05) is 31.4 Å². The zero-order valence-corrected chi connectivity index (χ0v) is 14.1. The first-order valence-electron chi connectivity index (χ1n) is 8.60. The third-order valence-electron chi connectivity index (χ3n) is 4.71. The Morgan fingerprint density at radius 2 is 1.92 bits per heavy atom. The van der Waals surface area contributed by atoms with Gasteiger partial charge in [0.25, 0.3) is 5.91 Å². The van der Waals surface area contributed by atoms with E-state index in [1.807, 2.05) is 0 Å². The zero-order chi connectivity index (χ0) is 16.8. The maximum atomic E-state index is 12.0. The molecular weight excluding hydrogens is 300 g/mol. The SMILES string of the molecule is CN(c1ccc(CNC(=O)c2cnccn2)cc1)C1CCCCC1. The van der Waals surface area contributed by atoms with Crippen LogP contribution in [-0.4, -0.2) is 29.0 Å². The number of hydrogen-bond acceptors (Lipinski definition) is 4. The van der Waals surface area contributed by atoms with E-state index in [4.69, 9.17) is 0 Å². The highest BCUT2D eigenvalue weighted by Gasteiger charge is 2.18. The van der Waals surface area contributed by atoms with Crippen LogP contribution >= 0.6 is 0 Å². The van der Waals surface area contributed by atoms with Crippen LogP contribution in [0.4, 0.5) is 5.69 Å². The van der Waals surface area contributed by atoms with Gasteiger partial charge in [0.05, 0.1) is 6.20 Å². The van der Waals surface area contributed by atoms with Gasteiger partial charge in [-0.3, -0.25) is 9.78 Å². The predicted molar refractivity (Wildman–Crippen MR) is 94.9 cm³/mol. The van der Waals surface area contributed by atoms with Gasteiger partial charge in [-0.25, -0.2) is 4.98 Å². The van der Waals surface area contributed by atoms with Crippen molar-refractivity contribution < 1.29 is 4.79 Å². The Labute approximate surface area is 143 Å². The molecule has 2 aromatic rings. The molecule has 1 saturated carbocycles. The van der Waals surface area contributed by atoms with E-state index in [0.29, 0.717) is 18.3 Å². The van der Waals surface area contributed by atoms with Crippen molar-refractivity contribution in [3.05, 3.63) is 54.1 Å². The van der Waals surface area contributed by atoms with E-state index in [1.54, 1.807) is 6.20 Å². The summed E-state index contributed by atoms with van der Waals surface area (Å²) in [5.74, 6) is -0.202. The lowest BCUT2D eigenvalue weighted by Crippen LogP contribution is -2.33. The maximum absolute atomic E-state index is 12.0. The molecule has 0 atom stereocenters. The van der Waals surface area contributed by atoms with Crippen molar-refractivity contribution in [2.45, 2.75) is 44.7 Å². The molecule has 24 heavy (non-hydrogen) atoms. The molecule has 1 aliphatic rings. The van der Waals surface area contributed by atoms with Crippen LogP contribution in [0, 0.1) is 0 Å². The van der Waals surface area contributed by atoms with E-state index in [2.05, 4.69) is 51.5 Å². The van der Waals surface area contributed by atoms with Crippen molar-refractivity contribution >= 4 is 11.6 Å². The molecule has 5 nitrogen and oxygen atoms in total. The van der Waals surface area contributed by atoms with E-state index >= 15 is 0 Å². The summed E-state index contributed by atoms with van der Waals surface area (Å²) in [6.45, 7) is 0.489. The zero-order valence-electron chi connectivity index (χ0n) is 14.1. The van der Waals surface area contributed by atoms with Gasteiger partial charge in [-0.2, -0.15) is 0 Å². The fourth-order valence-corrected chi connectivity index (χ4v) is 3.22. The average Bonchev–Trinajstić information content (AvgIpc) is 2.67. The summed E-state index contributed by atoms with van der Waals surface area (Å²) in [6.07, 6.45) is 11.2. The molecule has 0 radical (unpaired) electrons. The first kappa shape index (κ1) is 16.4. The Hall–Kier alpha value is -2.43. The van der Waals surface area contributed by atoms with Crippen LogP contribution in [0.1, 0.15) is 48.2 Å². The first-order chi connectivity index (χ1) is 11.7. The predicted octanol–water partition coefficient (Wildman–Crippen LogP) is 3.18. The Bertz CT molecular complexity index is 651. The Morgan fingerprint density at radius 3 is 2.58 bits per heavy atom. The number of aromatic nitrogens is 2. The highest BCUT2D eigenvalue weighted by molar-refractivity contribution is 5.91. The van der Waals surface area contributed by atoms with E-state index in [-0.39, 0.29) is 5.91 Å². The molecule has 0 bridgehead atoms. The second-order valence-electron chi connectivity index (χ2n) is 6.34. The molecule has 1 aliphatic carbocycles. The standard InChI is InChI=1S/C19H24N4O/c1-23(16-5-3-2-4-6-16)17-9-7-15(8-10-17)13-22-19(24)18-14-20-11-12-21-18/h7-12,14,16H,2-6,13H2,1H3,(H,22,24). The molecule has 1 N–H and O–H groups in total. The monoisotopic (exact) mass is 324 g/mol. The highest BCUT2D eigenvalue weighted by Crippen LogP contribution is 2.26. The number of anilines is 1. The molecule has 126 valence electrons. The topological polar surface area (TPSA) is 58.1 Å². The van der Waals surface area contributed by atoms with Crippen LogP contribution in [0.5, 0.6) is 0 Å². The molecule has 3 rings (SSSR count). The van der Waals surface area contributed by atoms with Crippen molar-refractivity contribution in [2.75, 3.05) is 11.9 Å². The van der Waals surface area contributed by atoms with E-state index in [9.17, 15) is 4.79 Å². The van der Waals surface area contributed by atoms with Crippen LogP contribution in [-0.2, 0) is 6.54 Å². The van der Waals surface area contributed by atoms with Gasteiger partial charge in [-0.05, 0) is 30.5 Å². The molecule has 1 heterocycles. The molecule has 0 unspecified atom stereocenters. The van der Waals surface area contributed by atoms with E-state index < -0.39 is 0 Å². The summed E-state index contributed by atoms with van der Waals surface area (Å²) >= 11 is 0. The van der Waals surface area contributed by atoms with Crippen LogP contribution in [0.25, 0.3) is 0 Å². The van der Waals surface area contributed by atoms with Gasteiger partial charge in [0.15, 0.2) is 0 Å². The number of carbonyl (C=O) groups is 1. The number of benzene rings is 1. The number of nitrogens with zero attached hydrogens (tertiary/aromatic N) is 3. The molecule has 1 amide bonds. The summed E-state index contributed by atoms with van der Waals surface area (Å²) in [5.41, 5.74) is 2.66. The van der Waals surface area contributed by atoms with Gasteiger partial charge in [0, 0.05) is 37.7 Å². The fourth-order valence-electron chi connectivity index (χ4n) is 3.22. The number of carbonyl (C=O) groups excluding carboxylic acids is 1. The quantitative estimate of drug-likeness (QED) is 0.918. The maximum Gasteiger partial charge on any atom is 0.271 e. The fraction of sp³-hybridized carbons (Fsp3) is 0.421. The molecule has 1 aromatic carbocycles. The van der Waals surface area contributed by atoms with Crippen LogP contribution < -0.4 is 10.2 Å². The third-order valence-corrected chi connectivity index (χ3v) is 4.71. The second kappa shape index (κ2) is 7.90. The van der Waals surface area contributed by atoms with Gasteiger partial charge in [0.2, 0.25) is 0 Å². The summed E-state index contributed by atoms with van der Waals surface area (Å²) in [5, 5.41) is 2.87. The molecular formula is C19H24N4O. The van der Waals surface area contributed by atoms with Crippen molar-refractivity contribution in [2.24, 2.45) is 0 Å². The second-order valence-corrected chi connectivity index (χ2v) is 6.34. The number of hydrogen-bond donors (Lipinski definition) is 1. The number of rotatable bonds is 5. The summed E-state index contributed by atoms with van der Waals surface area (Å²) < 4.78 is 0. The van der Waals surface area contributed by atoms with Gasteiger partial charge >= 0.3 is 0 Å². The normalized spacial score (nSPS) is 15.0. The lowest BCUT2D eigenvalue weighted by atomic mass is 9.94. The van der Waals surface area contributed by atoms with Crippen molar-refractivity contribution in [3.8, 4) is 0 Å². The van der Waals surface area contributed by atoms with Gasteiger partial charge in [-0.15, -0.1) is 0 Å². The largest absolute Gasteiger partial charge is 0.372 e. The molecule has 1 aromatic heterocycles. The van der Waals surface area contributed by atoms with Gasteiger partial charge in [0.1, 0.15) is 5.69 Å². The molecule has 0 aliphatic heterocycles. The average molecular weight is 324 g/mol. The van der Waals surface area contributed by atoms with Crippen molar-refractivity contribution in [1.82, 2.24) is 15.3 Å². The summed E-state index contributed by atoms with van der Waals surface area (Å²) in [7, 11) is 2.18. The van der Waals surface area contributed by atoms with E-state index in [0.717, 1.165) is 5.56 Å². The van der Waals surface area contributed by atoms with Crippen molar-refractivity contribution in [1.29, 1.82) is 0 Å². The van der Waals surface area contributed by atoms with Gasteiger partial charge < -0.3 is 10.2 Å². The third kappa shape index (κ3) is 4.10. The Morgan fingerprint density at radius 1 is 1.17 bits per heavy atom. The van der Waals surface area contributed by atoms with Crippen LogP contribution in [0.15, 0.2) is 42.9 Å². The molecule has 0 spiro atoms.